The van der Waals surface area contributed by atoms with Crippen molar-refractivity contribution in [2.24, 2.45) is 0 Å². The fourth-order valence-corrected chi connectivity index (χ4v) is 5.12. The maximum absolute atomic E-state index is 13.2. The number of aliphatic hydroxyl groups excluding tert-OH is 1. The van der Waals surface area contributed by atoms with Gasteiger partial charge in [-0.15, -0.1) is 0 Å². The summed E-state index contributed by atoms with van der Waals surface area (Å²) in [5.41, 5.74) is 0.641. The highest BCUT2D eigenvalue weighted by Gasteiger charge is 2.35. The number of para-hydroxylation sites is 1. The van der Waals surface area contributed by atoms with Crippen LogP contribution in [0.5, 0.6) is 5.75 Å². The van der Waals surface area contributed by atoms with Crippen LogP contribution in [0.15, 0.2) is 53.4 Å². The van der Waals surface area contributed by atoms with E-state index in [2.05, 4.69) is 10.0 Å². The van der Waals surface area contributed by atoms with E-state index in [0.29, 0.717) is 18.4 Å². The van der Waals surface area contributed by atoms with Gasteiger partial charge in [0.15, 0.2) is 0 Å². The summed E-state index contributed by atoms with van der Waals surface area (Å²) in [6.45, 7) is -0.214. The molecule has 3 atom stereocenters. The highest BCUT2D eigenvalue weighted by atomic mass is 32.2. The summed E-state index contributed by atoms with van der Waals surface area (Å²) in [6.07, 6.45) is -0.386. The monoisotopic (exact) mass is 466 g/mol. The van der Waals surface area contributed by atoms with Crippen molar-refractivity contribution in [1.82, 2.24) is 10.0 Å². The Bertz CT molecular complexity index is 1030. The summed E-state index contributed by atoms with van der Waals surface area (Å²) in [5.74, 6) is -0.436. The molecule has 0 aromatic heterocycles. The third-order valence-electron chi connectivity index (χ3n) is 5.25. The minimum atomic E-state index is -3.91. The lowest BCUT2D eigenvalue weighted by atomic mass is 9.98. The molecule has 10 heteroatoms. The van der Waals surface area contributed by atoms with E-state index < -0.39 is 34.9 Å². The zero-order valence-corrected chi connectivity index (χ0v) is 18.5. The Morgan fingerprint density at radius 2 is 2.00 bits per heavy atom. The summed E-state index contributed by atoms with van der Waals surface area (Å²) in [7, 11) is -2.52. The average Bonchev–Trinajstić information content (AvgIpc) is 2.78. The smallest absolute Gasteiger partial charge is 0.244 e. The van der Waals surface area contributed by atoms with Gasteiger partial charge in [-0.1, -0.05) is 24.3 Å². The Balaban J connectivity index is 1.55. The Hall–Kier alpha value is -2.53. The van der Waals surface area contributed by atoms with Crippen LogP contribution in [-0.2, 0) is 26.1 Å². The minimum Gasteiger partial charge on any atom is -0.495 e. The Labute approximate surface area is 186 Å². The van der Waals surface area contributed by atoms with Gasteiger partial charge in [-0.2, -0.15) is 0 Å². The Morgan fingerprint density at radius 3 is 2.72 bits per heavy atom. The number of methoxy groups -OCH3 is 1. The Kier molecular flexibility index (Phi) is 8.19. The molecule has 174 valence electrons. The van der Waals surface area contributed by atoms with Crippen molar-refractivity contribution < 1.29 is 32.2 Å². The molecule has 0 radical (unpaired) electrons. The largest absolute Gasteiger partial charge is 0.495 e. The SMILES string of the molecule is COc1ccccc1S(=O)(=O)N[C@@H]1CC[C@@H](CC(=O)NCc2cccc(F)c2)O[C@H]1CO. The van der Waals surface area contributed by atoms with E-state index in [4.69, 9.17) is 9.47 Å². The molecule has 2 aromatic carbocycles. The zero-order valence-electron chi connectivity index (χ0n) is 17.7. The van der Waals surface area contributed by atoms with Crippen LogP contribution in [0, 0.1) is 5.82 Å². The second-order valence-corrected chi connectivity index (χ2v) is 9.23. The quantitative estimate of drug-likeness (QED) is 0.519. The third-order valence-corrected chi connectivity index (χ3v) is 6.78. The molecule has 0 spiro atoms. The second kappa shape index (κ2) is 10.9. The number of carbonyl (C=O) groups is 1. The lowest BCUT2D eigenvalue weighted by molar-refractivity contribution is -0.130. The fraction of sp³-hybridized carbons (Fsp3) is 0.409. The fourth-order valence-electron chi connectivity index (χ4n) is 3.65. The second-order valence-electron chi connectivity index (χ2n) is 7.55. The van der Waals surface area contributed by atoms with Crippen molar-refractivity contribution in [1.29, 1.82) is 0 Å². The van der Waals surface area contributed by atoms with Crippen LogP contribution in [0.2, 0.25) is 0 Å². The van der Waals surface area contributed by atoms with E-state index in [0.717, 1.165) is 0 Å². The first-order chi connectivity index (χ1) is 15.3. The highest BCUT2D eigenvalue weighted by molar-refractivity contribution is 7.89. The Morgan fingerprint density at radius 1 is 1.22 bits per heavy atom. The van der Waals surface area contributed by atoms with Crippen molar-refractivity contribution in [2.75, 3.05) is 13.7 Å². The molecule has 1 aliphatic rings. The predicted octanol–water partition coefficient (Wildman–Crippen LogP) is 1.73. The zero-order chi connectivity index (χ0) is 23.1. The maximum Gasteiger partial charge on any atom is 0.244 e. The molecule has 1 fully saturated rings. The number of halogens is 1. The number of benzene rings is 2. The molecular formula is C22H27FN2O6S. The van der Waals surface area contributed by atoms with Gasteiger partial charge in [-0.05, 0) is 42.7 Å². The molecule has 0 saturated carbocycles. The first-order valence-electron chi connectivity index (χ1n) is 10.2. The summed E-state index contributed by atoms with van der Waals surface area (Å²) in [4.78, 5) is 12.3. The van der Waals surface area contributed by atoms with E-state index in [1.54, 1.807) is 30.3 Å². The van der Waals surface area contributed by atoms with Gasteiger partial charge in [0, 0.05) is 6.54 Å². The highest BCUT2D eigenvalue weighted by Crippen LogP contribution is 2.26. The topological polar surface area (TPSA) is 114 Å². The molecule has 3 rings (SSSR count). The predicted molar refractivity (Wildman–Crippen MR) is 115 cm³/mol. The number of hydrogen-bond acceptors (Lipinski definition) is 6. The molecule has 1 aliphatic heterocycles. The number of hydrogen-bond donors (Lipinski definition) is 3. The van der Waals surface area contributed by atoms with Crippen molar-refractivity contribution in [3.8, 4) is 5.75 Å². The van der Waals surface area contributed by atoms with Crippen molar-refractivity contribution >= 4 is 15.9 Å². The summed E-state index contributed by atoms with van der Waals surface area (Å²) in [6, 6.07) is 11.5. The van der Waals surface area contributed by atoms with Gasteiger partial charge >= 0.3 is 0 Å². The third kappa shape index (κ3) is 6.26. The van der Waals surface area contributed by atoms with Crippen LogP contribution in [-0.4, -0.2) is 51.4 Å². The van der Waals surface area contributed by atoms with Crippen molar-refractivity contribution in [3.05, 3.63) is 59.9 Å². The molecule has 8 nitrogen and oxygen atoms in total. The van der Waals surface area contributed by atoms with Gasteiger partial charge in [0.2, 0.25) is 15.9 Å². The molecule has 1 heterocycles. The number of sulfonamides is 1. The van der Waals surface area contributed by atoms with Gasteiger partial charge in [-0.25, -0.2) is 17.5 Å². The van der Waals surface area contributed by atoms with Gasteiger partial charge in [0.1, 0.15) is 16.5 Å². The van der Waals surface area contributed by atoms with Gasteiger partial charge in [-0.3, -0.25) is 4.79 Å². The number of ether oxygens (including phenoxy) is 2. The molecule has 0 bridgehead atoms. The molecule has 32 heavy (non-hydrogen) atoms. The number of rotatable bonds is 9. The number of amides is 1. The van der Waals surface area contributed by atoms with E-state index in [9.17, 15) is 22.7 Å². The van der Waals surface area contributed by atoms with Gasteiger partial charge in [0.05, 0.1) is 38.4 Å². The molecule has 1 saturated heterocycles. The van der Waals surface area contributed by atoms with E-state index in [1.165, 1.54) is 25.3 Å². The first-order valence-corrected chi connectivity index (χ1v) is 11.7. The molecule has 2 aromatic rings. The standard InChI is InChI=1S/C22H27FN2O6S/c1-30-19-7-2-3-8-21(19)32(28,29)25-18-10-9-17(31-20(18)14-26)12-22(27)24-13-15-5-4-6-16(23)11-15/h2-8,11,17-18,20,25-26H,9-10,12-14H2,1H3,(H,24,27)/t17-,18+,20-/m0/s1. The number of aliphatic hydroxyl groups is 1. The van der Waals surface area contributed by atoms with Gasteiger partial charge < -0.3 is 19.9 Å². The van der Waals surface area contributed by atoms with E-state index >= 15 is 0 Å². The molecular weight excluding hydrogens is 439 g/mol. The van der Waals surface area contributed by atoms with Crippen LogP contribution >= 0.6 is 0 Å². The summed E-state index contributed by atoms with van der Waals surface area (Å²) in [5, 5.41) is 12.5. The van der Waals surface area contributed by atoms with E-state index in [1.807, 2.05) is 0 Å². The lowest BCUT2D eigenvalue weighted by Gasteiger charge is -2.35. The minimum absolute atomic E-state index is 0.00182. The maximum atomic E-state index is 13.2. The molecule has 3 N–H and O–H groups in total. The number of carbonyl (C=O) groups excluding carboxylic acids is 1. The lowest BCUT2D eigenvalue weighted by Crippen LogP contribution is -2.51. The average molecular weight is 467 g/mol. The van der Waals surface area contributed by atoms with E-state index in [-0.39, 0.29) is 35.3 Å². The molecule has 1 amide bonds. The summed E-state index contributed by atoms with van der Waals surface area (Å²) >= 11 is 0. The van der Waals surface area contributed by atoms with Crippen LogP contribution in [0.3, 0.4) is 0 Å². The van der Waals surface area contributed by atoms with Crippen LogP contribution < -0.4 is 14.8 Å². The van der Waals surface area contributed by atoms with Crippen molar-refractivity contribution in [3.63, 3.8) is 0 Å². The van der Waals surface area contributed by atoms with Gasteiger partial charge in [0.25, 0.3) is 0 Å². The van der Waals surface area contributed by atoms with Crippen LogP contribution in [0.25, 0.3) is 0 Å². The first kappa shape index (κ1) is 24.1. The van der Waals surface area contributed by atoms with Crippen LogP contribution in [0.4, 0.5) is 4.39 Å². The molecule has 0 aliphatic carbocycles. The normalized spacial score (nSPS) is 21.2. The molecule has 0 unspecified atom stereocenters. The summed E-state index contributed by atoms with van der Waals surface area (Å²) < 4.78 is 52.4. The van der Waals surface area contributed by atoms with Crippen molar-refractivity contribution in [2.45, 2.75) is 49.0 Å². The van der Waals surface area contributed by atoms with Crippen LogP contribution in [0.1, 0.15) is 24.8 Å². The number of nitrogens with one attached hydrogen (secondary N) is 2.